The lowest BCUT2D eigenvalue weighted by molar-refractivity contribution is 0.101. The van der Waals surface area contributed by atoms with Crippen molar-refractivity contribution in [3.05, 3.63) is 75.4 Å². The number of benzene rings is 1. The number of aliphatic hydroxyl groups excluding tert-OH is 1. The Balaban J connectivity index is 1.31. The van der Waals surface area contributed by atoms with Crippen LogP contribution in [0.2, 0.25) is 0 Å². The van der Waals surface area contributed by atoms with E-state index in [1.54, 1.807) is 0 Å². The van der Waals surface area contributed by atoms with Gasteiger partial charge in [-0.3, -0.25) is 8.98 Å². The third-order valence-corrected chi connectivity index (χ3v) is 8.10. The van der Waals surface area contributed by atoms with E-state index in [2.05, 4.69) is 36.9 Å². The fourth-order valence-corrected chi connectivity index (χ4v) is 6.19. The Hall–Kier alpha value is -2.74. The van der Waals surface area contributed by atoms with Crippen molar-refractivity contribution in [1.29, 1.82) is 0 Å². The topological polar surface area (TPSA) is 157 Å². The van der Waals surface area contributed by atoms with Gasteiger partial charge in [0.2, 0.25) is 5.78 Å². The molecule has 1 fully saturated rings. The van der Waals surface area contributed by atoms with Gasteiger partial charge in [-0.15, -0.1) is 11.3 Å². The van der Waals surface area contributed by atoms with E-state index in [0.717, 1.165) is 18.5 Å². The Morgan fingerprint density at radius 3 is 2.97 bits per heavy atom. The number of nitrogens with one attached hydrogen (secondary N) is 2. The molecule has 1 aromatic carbocycles. The molecular weight excluding hydrogens is 502 g/mol. The molecule has 2 aliphatic rings. The highest BCUT2D eigenvalue weighted by atomic mass is 32.2. The average Bonchev–Trinajstić information content (AvgIpc) is 3.48. The standard InChI is InChI=1S/C24H27N5O5S2/c25-36(32,33)34-11-15-7-17(9-20(15)30)29-24-19(10-26-13-28-24)23(31)21-8-16(12-35-21)22-18-4-2-1-3-14(18)5-6-27-22/h1-4,8,10,12-13,15,17,20,22,27,30H,5-7,9,11H2,(H2,25,32,33)(H,26,28,29)/t15-,17-,20+,22+/m1/s1. The first kappa shape index (κ1) is 24.9. The van der Waals surface area contributed by atoms with Gasteiger partial charge in [0, 0.05) is 24.7 Å². The Morgan fingerprint density at radius 1 is 1.31 bits per heavy atom. The van der Waals surface area contributed by atoms with Crippen LogP contribution in [0.15, 0.2) is 48.2 Å². The fraction of sp³-hybridized carbons (Fsp3) is 0.375. The van der Waals surface area contributed by atoms with E-state index in [4.69, 9.17) is 5.14 Å². The van der Waals surface area contributed by atoms with Crippen molar-refractivity contribution in [3.63, 3.8) is 0 Å². The molecule has 2 aromatic heterocycles. The van der Waals surface area contributed by atoms with Crippen LogP contribution in [0, 0.1) is 5.92 Å². The Kier molecular flexibility index (Phi) is 7.15. The van der Waals surface area contributed by atoms with Gasteiger partial charge in [-0.05, 0) is 47.4 Å². The van der Waals surface area contributed by atoms with Crippen LogP contribution in [0.25, 0.3) is 0 Å². The quantitative estimate of drug-likeness (QED) is 0.319. The van der Waals surface area contributed by atoms with Crippen LogP contribution in [0.4, 0.5) is 5.82 Å². The number of aromatic nitrogens is 2. The molecule has 0 amide bonds. The molecule has 5 rings (SSSR count). The number of carbonyl (C=O) groups excluding carboxylic acids is 1. The second-order valence-corrected chi connectivity index (χ2v) is 11.2. The summed E-state index contributed by atoms with van der Waals surface area (Å²) >= 11 is 1.38. The number of rotatable bonds is 8. The molecule has 12 heteroatoms. The van der Waals surface area contributed by atoms with Crippen molar-refractivity contribution in [2.24, 2.45) is 11.1 Å². The van der Waals surface area contributed by atoms with Gasteiger partial charge < -0.3 is 15.7 Å². The van der Waals surface area contributed by atoms with Crippen LogP contribution in [0.3, 0.4) is 0 Å². The van der Waals surface area contributed by atoms with Gasteiger partial charge in [-0.2, -0.15) is 8.42 Å². The Morgan fingerprint density at radius 2 is 2.14 bits per heavy atom. The maximum Gasteiger partial charge on any atom is 0.333 e. The van der Waals surface area contributed by atoms with E-state index >= 15 is 0 Å². The first-order valence-electron chi connectivity index (χ1n) is 11.6. The van der Waals surface area contributed by atoms with E-state index in [-0.39, 0.29) is 24.5 Å². The monoisotopic (exact) mass is 529 g/mol. The van der Waals surface area contributed by atoms with Crippen molar-refractivity contribution in [3.8, 4) is 0 Å². The number of anilines is 1. The molecule has 5 N–H and O–H groups in total. The van der Waals surface area contributed by atoms with E-state index in [9.17, 15) is 18.3 Å². The zero-order chi connectivity index (χ0) is 25.3. The van der Waals surface area contributed by atoms with Crippen LogP contribution in [0.1, 0.15) is 50.8 Å². The van der Waals surface area contributed by atoms with Crippen molar-refractivity contribution in [2.45, 2.75) is 37.5 Å². The minimum atomic E-state index is -4.08. The number of aliphatic hydroxyl groups is 1. The summed E-state index contributed by atoms with van der Waals surface area (Å²) in [6.07, 6.45) is 3.84. The minimum Gasteiger partial charge on any atom is -0.393 e. The molecule has 190 valence electrons. The third kappa shape index (κ3) is 5.48. The van der Waals surface area contributed by atoms with Gasteiger partial charge in [0.05, 0.1) is 29.2 Å². The lowest BCUT2D eigenvalue weighted by atomic mass is 9.91. The molecule has 1 aliphatic heterocycles. The van der Waals surface area contributed by atoms with E-state index in [1.165, 1.54) is 35.0 Å². The molecule has 3 heterocycles. The maximum atomic E-state index is 13.4. The van der Waals surface area contributed by atoms with Crippen molar-refractivity contribution < 1.29 is 22.5 Å². The smallest absolute Gasteiger partial charge is 0.333 e. The number of hydrogen-bond acceptors (Lipinski definition) is 10. The molecule has 0 radical (unpaired) electrons. The highest BCUT2D eigenvalue weighted by molar-refractivity contribution is 7.84. The minimum absolute atomic E-state index is 0.0360. The number of fused-ring (bicyclic) bond motifs is 1. The molecule has 36 heavy (non-hydrogen) atoms. The summed E-state index contributed by atoms with van der Waals surface area (Å²) in [7, 11) is -4.08. The lowest BCUT2D eigenvalue weighted by Gasteiger charge is -2.26. The van der Waals surface area contributed by atoms with Crippen molar-refractivity contribution in [1.82, 2.24) is 15.3 Å². The molecule has 0 unspecified atom stereocenters. The second-order valence-electron chi connectivity index (χ2n) is 9.11. The van der Waals surface area contributed by atoms with E-state index in [1.807, 2.05) is 23.6 Å². The molecule has 1 aliphatic carbocycles. The number of carbonyl (C=O) groups is 1. The second kappa shape index (κ2) is 10.3. The molecule has 4 atom stereocenters. The van der Waals surface area contributed by atoms with Gasteiger partial charge in [0.25, 0.3) is 0 Å². The summed E-state index contributed by atoms with van der Waals surface area (Å²) in [5.74, 6) is -0.227. The average molecular weight is 530 g/mol. The molecule has 3 aromatic rings. The number of hydrogen-bond donors (Lipinski definition) is 4. The first-order valence-corrected chi connectivity index (χ1v) is 14.0. The van der Waals surface area contributed by atoms with Crippen molar-refractivity contribution >= 4 is 33.2 Å². The third-order valence-electron chi connectivity index (χ3n) is 6.69. The van der Waals surface area contributed by atoms with Gasteiger partial charge in [-0.25, -0.2) is 15.1 Å². The molecular formula is C24H27N5O5S2. The molecule has 1 saturated carbocycles. The lowest BCUT2D eigenvalue weighted by Crippen LogP contribution is -2.30. The summed E-state index contributed by atoms with van der Waals surface area (Å²) in [5.41, 5.74) is 3.92. The zero-order valence-corrected chi connectivity index (χ0v) is 21.0. The van der Waals surface area contributed by atoms with E-state index in [0.29, 0.717) is 29.1 Å². The number of nitrogens with two attached hydrogens (primary N) is 1. The van der Waals surface area contributed by atoms with Crippen LogP contribution in [-0.2, 0) is 20.9 Å². The molecule has 10 nitrogen and oxygen atoms in total. The largest absolute Gasteiger partial charge is 0.393 e. The van der Waals surface area contributed by atoms with Crippen molar-refractivity contribution in [2.75, 3.05) is 18.5 Å². The van der Waals surface area contributed by atoms with Crippen LogP contribution in [-0.4, -0.2) is 54.6 Å². The number of thiophene rings is 1. The van der Waals surface area contributed by atoms with Gasteiger partial charge in [0.1, 0.15) is 12.1 Å². The SMILES string of the molecule is NS(=O)(=O)OC[C@H]1C[C@@H](Nc2ncncc2C(=O)c2cc([C@@H]3NCCc4ccccc43)cs2)C[C@@H]1O. The molecule has 0 bridgehead atoms. The predicted octanol–water partition coefficient (Wildman–Crippen LogP) is 1.78. The van der Waals surface area contributed by atoms with Crippen LogP contribution in [0.5, 0.6) is 0 Å². The van der Waals surface area contributed by atoms with Gasteiger partial charge in [0.15, 0.2) is 0 Å². The fourth-order valence-electron chi connectivity index (χ4n) is 4.94. The highest BCUT2D eigenvalue weighted by Gasteiger charge is 2.35. The van der Waals surface area contributed by atoms with Crippen LogP contribution >= 0.6 is 11.3 Å². The zero-order valence-electron chi connectivity index (χ0n) is 19.3. The molecule has 0 saturated heterocycles. The summed E-state index contributed by atoms with van der Waals surface area (Å²) in [6.45, 7) is 0.669. The molecule has 0 spiro atoms. The Bertz CT molecular complexity index is 1360. The van der Waals surface area contributed by atoms with Gasteiger partial charge >= 0.3 is 10.3 Å². The normalized spacial score (nSPS) is 23.8. The van der Waals surface area contributed by atoms with Crippen LogP contribution < -0.4 is 15.8 Å². The number of ketones is 1. The summed E-state index contributed by atoms with van der Waals surface area (Å²) in [5, 5.41) is 24.0. The predicted molar refractivity (Wildman–Crippen MR) is 135 cm³/mol. The summed E-state index contributed by atoms with van der Waals surface area (Å²) in [4.78, 5) is 22.3. The Labute approximate surface area is 213 Å². The van der Waals surface area contributed by atoms with E-state index < -0.39 is 22.3 Å². The highest BCUT2D eigenvalue weighted by Crippen LogP contribution is 2.33. The first-order chi connectivity index (χ1) is 17.3. The summed E-state index contributed by atoms with van der Waals surface area (Å²) < 4.78 is 26.8. The summed E-state index contributed by atoms with van der Waals surface area (Å²) in [6, 6.07) is 10.1. The maximum absolute atomic E-state index is 13.4. The van der Waals surface area contributed by atoms with Gasteiger partial charge in [-0.1, -0.05) is 24.3 Å². The number of nitrogens with zero attached hydrogens (tertiary/aromatic N) is 2.